The molecule has 1 saturated heterocycles. The van der Waals surface area contributed by atoms with Crippen LogP contribution >= 0.6 is 0 Å². The molecule has 2 rings (SSSR count). The average molecular weight is 305 g/mol. The Balaban J connectivity index is 1.86. The minimum Gasteiger partial charge on any atom is -0.383 e. The zero-order valence-corrected chi connectivity index (χ0v) is 12.9. The van der Waals surface area contributed by atoms with Crippen LogP contribution in [-0.4, -0.2) is 51.2 Å². The van der Waals surface area contributed by atoms with Crippen molar-refractivity contribution in [2.24, 2.45) is 0 Å². The summed E-state index contributed by atoms with van der Waals surface area (Å²) in [7, 11) is 1.61. The van der Waals surface area contributed by atoms with E-state index >= 15 is 0 Å². The maximum absolute atomic E-state index is 12.5. The van der Waals surface area contributed by atoms with Crippen molar-refractivity contribution in [3.63, 3.8) is 0 Å². The van der Waals surface area contributed by atoms with Crippen molar-refractivity contribution in [1.29, 1.82) is 0 Å². The Morgan fingerprint density at radius 1 is 1.36 bits per heavy atom. The van der Waals surface area contributed by atoms with E-state index in [-0.39, 0.29) is 18.4 Å². The van der Waals surface area contributed by atoms with Gasteiger partial charge in [-0.25, -0.2) is 0 Å². The molecule has 0 saturated carbocycles. The standard InChI is InChI=1S/C16H23N3O3/c1-22-11-9-17-12-15(20)18-14-8-5-10-19(16(14)21)13-6-3-2-4-7-13/h2-4,6-7,14,17H,5,8-12H2,1H3,(H,18,20). The van der Waals surface area contributed by atoms with E-state index in [4.69, 9.17) is 4.74 Å². The number of methoxy groups -OCH3 is 1. The van der Waals surface area contributed by atoms with E-state index in [0.29, 0.717) is 26.1 Å². The quantitative estimate of drug-likeness (QED) is 0.721. The summed E-state index contributed by atoms with van der Waals surface area (Å²) >= 11 is 0. The number of hydrogen-bond donors (Lipinski definition) is 2. The van der Waals surface area contributed by atoms with E-state index in [0.717, 1.165) is 12.1 Å². The van der Waals surface area contributed by atoms with Gasteiger partial charge in [-0.15, -0.1) is 0 Å². The molecule has 0 radical (unpaired) electrons. The number of nitrogens with one attached hydrogen (secondary N) is 2. The number of anilines is 1. The molecule has 1 unspecified atom stereocenters. The lowest BCUT2D eigenvalue weighted by atomic mass is 10.0. The third kappa shape index (κ3) is 4.54. The molecule has 6 nitrogen and oxygen atoms in total. The molecule has 0 spiro atoms. The first-order valence-electron chi connectivity index (χ1n) is 7.58. The Kier molecular flexibility index (Phi) is 6.36. The van der Waals surface area contributed by atoms with Crippen LogP contribution in [0.1, 0.15) is 12.8 Å². The van der Waals surface area contributed by atoms with Crippen LogP contribution in [-0.2, 0) is 14.3 Å². The summed E-state index contributed by atoms with van der Waals surface area (Å²) in [5.41, 5.74) is 0.879. The van der Waals surface area contributed by atoms with Crippen LogP contribution in [0.15, 0.2) is 30.3 Å². The van der Waals surface area contributed by atoms with Crippen molar-refractivity contribution >= 4 is 17.5 Å². The average Bonchev–Trinajstić information content (AvgIpc) is 2.54. The van der Waals surface area contributed by atoms with E-state index in [9.17, 15) is 9.59 Å². The number of carbonyl (C=O) groups is 2. The number of hydrogen-bond acceptors (Lipinski definition) is 4. The molecule has 1 heterocycles. The number of benzene rings is 1. The van der Waals surface area contributed by atoms with Gasteiger partial charge < -0.3 is 20.3 Å². The van der Waals surface area contributed by atoms with Crippen LogP contribution in [0, 0.1) is 0 Å². The highest BCUT2D eigenvalue weighted by atomic mass is 16.5. The van der Waals surface area contributed by atoms with Crippen molar-refractivity contribution in [1.82, 2.24) is 10.6 Å². The van der Waals surface area contributed by atoms with Gasteiger partial charge in [0.25, 0.3) is 0 Å². The molecule has 0 bridgehead atoms. The van der Waals surface area contributed by atoms with Gasteiger partial charge in [0.15, 0.2) is 0 Å². The molecule has 1 fully saturated rings. The molecule has 2 amide bonds. The van der Waals surface area contributed by atoms with E-state index in [1.807, 2.05) is 30.3 Å². The first-order chi connectivity index (χ1) is 10.7. The molecule has 1 aliphatic heterocycles. The zero-order valence-electron chi connectivity index (χ0n) is 12.9. The maximum atomic E-state index is 12.5. The Hall–Kier alpha value is -1.92. The highest BCUT2D eigenvalue weighted by molar-refractivity contribution is 6.00. The predicted octanol–water partition coefficient (Wildman–Crippen LogP) is 0.534. The summed E-state index contributed by atoms with van der Waals surface area (Å²) in [4.78, 5) is 26.1. The van der Waals surface area contributed by atoms with Crippen molar-refractivity contribution in [3.05, 3.63) is 30.3 Å². The summed E-state index contributed by atoms with van der Waals surface area (Å²) in [5.74, 6) is -0.202. The topological polar surface area (TPSA) is 70.7 Å². The number of amides is 2. The summed E-state index contributed by atoms with van der Waals surface area (Å²) in [6, 6.07) is 9.12. The van der Waals surface area contributed by atoms with E-state index in [1.54, 1.807) is 12.0 Å². The van der Waals surface area contributed by atoms with Crippen LogP contribution in [0.3, 0.4) is 0 Å². The van der Waals surface area contributed by atoms with Gasteiger partial charge in [-0.05, 0) is 25.0 Å². The first kappa shape index (κ1) is 16.5. The fourth-order valence-electron chi connectivity index (χ4n) is 2.50. The molecular formula is C16H23N3O3. The summed E-state index contributed by atoms with van der Waals surface area (Å²) in [6.45, 7) is 2.05. The third-order valence-corrected chi connectivity index (χ3v) is 3.61. The molecule has 0 aliphatic carbocycles. The van der Waals surface area contributed by atoms with Gasteiger partial charge >= 0.3 is 0 Å². The molecule has 6 heteroatoms. The zero-order chi connectivity index (χ0) is 15.8. The van der Waals surface area contributed by atoms with Gasteiger partial charge in [0, 0.05) is 25.9 Å². The molecular weight excluding hydrogens is 282 g/mol. The Morgan fingerprint density at radius 3 is 2.86 bits per heavy atom. The van der Waals surface area contributed by atoms with Crippen LogP contribution < -0.4 is 15.5 Å². The van der Waals surface area contributed by atoms with Gasteiger partial charge in [0.05, 0.1) is 13.2 Å². The van der Waals surface area contributed by atoms with Gasteiger partial charge in [0.1, 0.15) is 6.04 Å². The summed E-state index contributed by atoms with van der Waals surface area (Å²) in [6.07, 6.45) is 1.56. The van der Waals surface area contributed by atoms with Gasteiger partial charge in [0.2, 0.25) is 11.8 Å². The van der Waals surface area contributed by atoms with E-state index in [1.165, 1.54) is 0 Å². The largest absolute Gasteiger partial charge is 0.383 e. The first-order valence-corrected chi connectivity index (χ1v) is 7.58. The normalized spacial score (nSPS) is 18.3. The van der Waals surface area contributed by atoms with Gasteiger partial charge in [-0.1, -0.05) is 18.2 Å². The highest BCUT2D eigenvalue weighted by Gasteiger charge is 2.30. The van der Waals surface area contributed by atoms with E-state index < -0.39 is 6.04 Å². The second kappa shape index (κ2) is 8.51. The lowest BCUT2D eigenvalue weighted by molar-refractivity contribution is -0.128. The van der Waals surface area contributed by atoms with Gasteiger partial charge in [-0.3, -0.25) is 9.59 Å². The fraction of sp³-hybridized carbons (Fsp3) is 0.500. The molecule has 1 aliphatic rings. The highest BCUT2D eigenvalue weighted by Crippen LogP contribution is 2.20. The monoisotopic (exact) mass is 305 g/mol. The Labute approximate surface area is 130 Å². The van der Waals surface area contributed by atoms with Crippen molar-refractivity contribution in [2.45, 2.75) is 18.9 Å². The van der Waals surface area contributed by atoms with Crippen LogP contribution in [0.4, 0.5) is 5.69 Å². The second-order valence-electron chi connectivity index (χ2n) is 5.26. The molecule has 1 atom stereocenters. The summed E-state index contributed by atoms with van der Waals surface area (Å²) in [5, 5.41) is 5.78. The minimum atomic E-state index is -0.439. The minimum absolute atomic E-state index is 0.0392. The third-order valence-electron chi connectivity index (χ3n) is 3.61. The molecule has 0 aromatic heterocycles. The van der Waals surface area contributed by atoms with Crippen LogP contribution in [0.25, 0.3) is 0 Å². The van der Waals surface area contributed by atoms with E-state index in [2.05, 4.69) is 10.6 Å². The fourth-order valence-corrected chi connectivity index (χ4v) is 2.50. The number of ether oxygens (including phenoxy) is 1. The second-order valence-corrected chi connectivity index (χ2v) is 5.26. The summed E-state index contributed by atoms with van der Waals surface area (Å²) < 4.78 is 4.90. The van der Waals surface area contributed by atoms with Crippen molar-refractivity contribution in [2.75, 3.05) is 38.3 Å². The molecule has 1 aromatic rings. The number of para-hydroxylation sites is 1. The van der Waals surface area contributed by atoms with Crippen LogP contribution in [0.5, 0.6) is 0 Å². The molecule has 2 N–H and O–H groups in total. The van der Waals surface area contributed by atoms with Crippen molar-refractivity contribution < 1.29 is 14.3 Å². The van der Waals surface area contributed by atoms with Crippen molar-refractivity contribution in [3.8, 4) is 0 Å². The smallest absolute Gasteiger partial charge is 0.249 e. The lowest BCUT2D eigenvalue weighted by Crippen LogP contribution is -2.53. The van der Waals surface area contributed by atoms with Gasteiger partial charge in [-0.2, -0.15) is 0 Å². The lowest BCUT2D eigenvalue weighted by Gasteiger charge is -2.32. The number of nitrogens with zero attached hydrogens (tertiary/aromatic N) is 1. The molecule has 1 aromatic carbocycles. The maximum Gasteiger partial charge on any atom is 0.249 e. The SMILES string of the molecule is COCCNCC(=O)NC1CCCN(c2ccccc2)C1=O. The molecule has 22 heavy (non-hydrogen) atoms. The number of carbonyl (C=O) groups excluding carboxylic acids is 2. The molecule has 120 valence electrons. The number of rotatable bonds is 7. The number of piperidine rings is 1. The predicted molar refractivity (Wildman–Crippen MR) is 84.7 cm³/mol. The Morgan fingerprint density at radius 2 is 2.14 bits per heavy atom. The Bertz CT molecular complexity index is 493. The van der Waals surface area contributed by atoms with Crippen LogP contribution in [0.2, 0.25) is 0 Å².